The number of aryl methyl sites for hydroxylation is 2. The van der Waals surface area contributed by atoms with Crippen LogP contribution in [0.3, 0.4) is 0 Å². The Kier molecular flexibility index (Phi) is 2.44. The van der Waals surface area contributed by atoms with Crippen molar-refractivity contribution >= 4 is 5.65 Å². The lowest BCUT2D eigenvalue weighted by molar-refractivity contribution is 0.635. The Bertz CT molecular complexity index is 487. The molecule has 1 unspecified atom stereocenters. The fourth-order valence-corrected chi connectivity index (χ4v) is 1.76. The van der Waals surface area contributed by atoms with Crippen molar-refractivity contribution in [1.29, 1.82) is 0 Å². The summed E-state index contributed by atoms with van der Waals surface area (Å²) in [5.41, 5.74) is 4.25. The highest BCUT2D eigenvalue weighted by Gasteiger charge is 2.10. The Morgan fingerprint density at radius 3 is 2.80 bits per heavy atom. The average molecular weight is 204 g/mol. The van der Waals surface area contributed by atoms with Gasteiger partial charge in [0.2, 0.25) is 0 Å². The molecule has 0 bridgehead atoms. The summed E-state index contributed by atoms with van der Waals surface area (Å²) >= 11 is 0. The fourth-order valence-electron chi connectivity index (χ4n) is 1.76. The van der Waals surface area contributed by atoms with E-state index in [1.165, 1.54) is 5.56 Å². The third-order valence-corrected chi connectivity index (χ3v) is 2.78. The molecule has 15 heavy (non-hydrogen) atoms. The first-order chi connectivity index (χ1) is 7.13. The minimum atomic E-state index is 0.298. The first kappa shape index (κ1) is 10.1. The van der Waals surface area contributed by atoms with Crippen molar-refractivity contribution in [2.75, 3.05) is 7.05 Å². The molecule has 0 amide bonds. The summed E-state index contributed by atoms with van der Waals surface area (Å²) in [6.07, 6.45) is 1.92. The molecule has 0 aliphatic heterocycles. The third-order valence-electron chi connectivity index (χ3n) is 2.78. The van der Waals surface area contributed by atoms with Gasteiger partial charge in [0.15, 0.2) is 5.65 Å². The van der Waals surface area contributed by atoms with Crippen molar-refractivity contribution in [1.82, 2.24) is 19.9 Å². The maximum absolute atomic E-state index is 4.42. The van der Waals surface area contributed by atoms with Gasteiger partial charge in [0, 0.05) is 29.6 Å². The van der Waals surface area contributed by atoms with Gasteiger partial charge >= 0.3 is 0 Å². The van der Waals surface area contributed by atoms with E-state index in [0.29, 0.717) is 6.04 Å². The van der Waals surface area contributed by atoms with E-state index in [9.17, 15) is 0 Å². The zero-order chi connectivity index (χ0) is 11.0. The predicted molar refractivity (Wildman–Crippen MR) is 59.9 cm³/mol. The molecular weight excluding hydrogens is 188 g/mol. The van der Waals surface area contributed by atoms with Gasteiger partial charge in [-0.3, -0.25) is 0 Å². The lowest BCUT2D eigenvalue weighted by atomic mass is 10.1. The monoisotopic (exact) mass is 204 g/mol. The minimum absolute atomic E-state index is 0.298. The van der Waals surface area contributed by atoms with Crippen molar-refractivity contribution in [2.24, 2.45) is 0 Å². The number of nitrogens with one attached hydrogen (secondary N) is 1. The van der Waals surface area contributed by atoms with E-state index in [1.54, 1.807) is 0 Å². The molecule has 0 aromatic carbocycles. The smallest absolute Gasteiger partial charge is 0.155 e. The van der Waals surface area contributed by atoms with E-state index < -0.39 is 0 Å². The van der Waals surface area contributed by atoms with E-state index >= 15 is 0 Å². The summed E-state index contributed by atoms with van der Waals surface area (Å²) in [6, 6.07) is 2.28. The van der Waals surface area contributed by atoms with Crippen LogP contribution in [0.2, 0.25) is 0 Å². The summed E-state index contributed by atoms with van der Waals surface area (Å²) in [5, 5.41) is 7.63. The van der Waals surface area contributed by atoms with E-state index in [0.717, 1.165) is 17.0 Å². The van der Waals surface area contributed by atoms with Crippen LogP contribution in [0.1, 0.15) is 29.9 Å². The van der Waals surface area contributed by atoms with Gasteiger partial charge in [-0.1, -0.05) is 0 Å². The van der Waals surface area contributed by atoms with Gasteiger partial charge in [-0.2, -0.15) is 5.10 Å². The molecule has 0 aliphatic rings. The van der Waals surface area contributed by atoms with Crippen molar-refractivity contribution in [3.8, 4) is 0 Å². The topological polar surface area (TPSA) is 42.2 Å². The number of nitrogens with zero attached hydrogens (tertiary/aromatic N) is 3. The summed E-state index contributed by atoms with van der Waals surface area (Å²) in [4.78, 5) is 4.39. The second kappa shape index (κ2) is 3.62. The van der Waals surface area contributed by atoms with E-state index in [1.807, 2.05) is 30.8 Å². The third kappa shape index (κ3) is 1.61. The predicted octanol–water partition coefficient (Wildman–Crippen LogP) is 1.63. The van der Waals surface area contributed by atoms with Crippen LogP contribution in [0, 0.1) is 13.8 Å². The molecule has 2 heterocycles. The maximum Gasteiger partial charge on any atom is 0.155 e. The summed E-state index contributed by atoms with van der Waals surface area (Å²) in [7, 11) is 1.95. The second-order valence-corrected chi connectivity index (χ2v) is 3.87. The Labute approximate surface area is 89.3 Å². The Morgan fingerprint density at radius 1 is 1.40 bits per heavy atom. The lowest BCUT2D eigenvalue weighted by Gasteiger charge is -2.13. The molecule has 2 rings (SSSR count). The van der Waals surface area contributed by atoms with E-state index in [-0.39, 0.29) is 0 Å². The van der Waals surface area contributed by atoms with Crippen molar-refractivity contribution in [3.05, 3.63) is 29.2 Å². The molecule has 0 radical (unpaired) electrons. The largest absolute Gasteiger partial charge is 0.313 e. The number of hydrogen-bond acceptors (Lipinski definition) is 3. The van der Waals surface area contributed by atoms with Gasteiger partial charge in [0.25, 0.3) is 0 Å². The molecule has 4 nitrogen and oxygen atoms in total. The number of hydrogen-bond donors (Lipinski definition) is 1. The van der Waals surface area contributed by atoms with Gasteiger partial charge in [-0.25, -0.2) is 9.50 Å². The summed E-state index contributed by atoms with van der Waals surface area (Å²) < 4.78 is 1.90. The highest BCUT2D eigenvalue weighted by atomic mass is 15.3. The van der Waals surface area contributed by atoms with Crippen LogP contribution in [0.5, 0.6) is 0 Å². The maximum atomic E-state index is 4.42. The highest BCUT2D eigenvalue weighted by molar-refractivity contribution is 5.42. The molecule has 0 saturated carbocycles. The van der Waals surface area contributed by atoms with Gasteiger partial charge < -0.3 is 5.32 Å². The zero-order valence-corrected chi connectivity index (χ0v) is 9.57. The van der Waals surface area contributed by atoms with Gasteiger partial charge in [-0.05, 0) is 27.8 Å². The van der Waals surface area contributed by atoms with Gasteiger partial charge in [0.1, 0.15) is 0 Å². The molecule has 0 saturated heterocycles. The highest BCUT2D eigenvalue weighted by Crippen LogP contribution is 2.17. The normalized spacial score (nSPS) is 13.3. The zero-order valence-electron chi connectivity index (χ0n) is 9.57. The molecule has 0 fully saturated rings. The quantitative estimate of drug-likeness (QED) is 0.808. The van der Waals surface area contributed by atoms with Crippen LogP contribution in [0.15, 0.2) is 12.3 Å². The van der Waals surface area contributed by atoms with Crippen LogP contribution in [0.25, 0.3) is 5.65 Å². The molecule has 2 aromatic rings. The summed E-state index contributed by atoms with van der Waals surface area (Å²) in [6.45, 7) is 6.17. The van der Waals surface area contributed by atoms with Gasteiger partial charge in [0.05, 0.1) is 5.69 Å². The van der Waals surface area contributed by atoms with E-state index in [4.69, 9.17) is 0 Å². The Morgan fingerprint density at radius 2 is 2.13 bits per heavy atom. The van der Waals surface area contributed by atoms with E-state index in [2.05, 4.69) is 29.2 Å². The van der Waals surface area contributed by atoms with Crippen LogP contribution < -0.4 is 5.32 Å². The first-order valence-electron chi connectivity index (χ1n) is 5.12. The Hall–Kier alpha value is -1.42. The number of rotatable bonds is 2. The van der Waals surface area contributed by atoms with Crippen LogP contribution in [-0.2, 0) is 0 Å². The molecule has 0 aliphatic carbocycles. The molecule has 80 valence electrons. The SMILES string of the molecule is CNC(C)c1cnc2cc(C)nn2c1C. The average Bonchev–Trinajstić information content (AvgIpc) is 2.59. The second-order valence-electron chi connectivity index (χ2n) is 3.87. The Balaban J connectivity index is 2.64. The lowest BCUT2D eigenvalue weighted by Crippen LogP contribution is -2.15. The standard InChI is InChI=1S/C11H16N4/c1-7-5-11-13-6-10(8(2)12-4)9(3)15(11)14-7/h5-6,8,12H,1-4H3. The molecule has 1 atom stereocenters. The van der Waals surface area contributed by atoms with Crippen molar-refractivity contribution in [2.45, 2.75) is 26.8 Å². The van der Waals surface area contributed by atoms with Crippen molar-refractivity contribution < 1.29 is 0 Å². The first-order valence-corrected chi connectivity index (χ1v) is 5.12. The minimum Gasteiger partial charge on any atom is -0.313 e. The van der Waals surface area contributed by atoms with Crippen LogP contribution in [-0.4, -0.2) is 21.6 Å². The summed E-state index contributed by atoms with van der Waals surface area (Å²) in [5.74, 6) is 0. The number of fused-ring (bicyclic) bond motifs is 1. The molecule has 4 heteroatoms. The molecular formula is C11H16N4. The van der Waals surface area contributed by atoms with Gasteiger partial charge in [-0.15, -0.1) is 0 Å². The molecule has 0 spiro atoms. The van der Waals surface area contributed by atoms with Crippen LogP contribution in [0.4, 0.5) is 0 Å². The molecule has 1 N–H and O–H groups in total. The van der Waals surface area contributed by atoms with Crippen molar-refractivity contribution in [3.63, 3.8) is 0 Å². The molecule has 2 aromatic heterocycles. The number of aromatic nitrogens is 3. The van der Waals surface area contributed by atoms with Crippen LogP contribution >= 0.6 is 0 Å². The fraction of sp³-hybridized carbons (Fsp3) is 0.455.